The van der Waals surface area contributed by atoms with E-state index in [1.54, 1.807) is 30.3 Å². The van der Waals surface area contributed by atoms with Crippen molar-refractivity contribution in [2.75, 3.05) is 13.7 Å². The molecule has 3 N–H and O–H groups in total. The number of aromatic nitrogens is 2. The van der Waals surface area contributed by atoms with E-state index in [0.29, 0.717) is 5.56 Å². The van der Waals surface area contributed by atoms with Gasteiger partial charge in [0, 0.05) is 13.3 Å². The molecular formula is C16H17N3O6. The number of benzene rings is 1. The van der Waals surface area contributed by atoms with Gasteiger partial charge in [0.05, 0.1) is 12.1 Å². The molecule has 0 bridgehead atoms. The lowest BCUT2D eigenvalue weighted by molar-refractivity contribution is -0.142. The maximum absolute atomic E-state index is 12.0. The van der Waals surface area contributed by atoms with Crippen molar-refractivity contribution in [3.05, 3.63) is 57.4 Å². The van der Waals surface area contributed by atoms with Crippen LogP contribution in [0.1, 0.15) is 0 Å². The van der Waals surface area contributed by atoms with Gasteiger partial charge in [0.2, 0.25) is 5.91 Å². The minimum absolute atomic E-state index is 0.215. The van der Waals surface area contributed by atoms with E-state index in [2.05, 4.69) is 15.0 Å². The monoisotopic (exact) mass is 347 g/mol. The predicted molar refractivity (Wildman–Crippen MR) is 88.2 cm³/mol. The second kappa shape index (κ2) is 8.06. The first kappa shape index (κ1) is 18.1. The molecule has 9 nitrogen and oxygen atoms in total. The first-order valence-corrected chi connectivity index (χ1v) is 7.32. The molecule has 1 amide bonds. The molecule has 1 atom stereocenters. The lowest BCUT2D eigenvalue weighted by Crippen LogP contribution is -2.47. The number of H-pyrrole nitrogens is 1. The zero-order valence-corrected chi connectivity index (χ0v) is 13.4. The van der Waals surface area contributed by atoms with E-state index in [9.17, 15) is 24.3 Å². The summed E-state index contributed by atoms with van der Waals surface area (Å²) >= 11 is 0. The molecule has 1 heterocycles. The third kappa shape index (κ3) is 4.64. The van der Waals surface area contributed by atoms with Gasteiger partial charge in [-0.3, -0.25) is 19.1 Å². The van der Waals surface area contributed by atoms with E-state index in [4.69, 9.17) is 0 Å². The van der Waals surface area contributed by atoms with Crippen LogP contribution in [0.15, 0.2) is 46.1 Å². The molecule has 0 saturated carbocycles. The highest BCUT2D eigenvalue weighted by Crippen LogP contribution is 2.12. The zero-order chi connectivity index (χ0) is 18.4. The predicted octanol–water partition coefficient (Wildman–Crippen LogP) is -0.581. The molecule has 0 aliphatic rings. The number of carboxylic acids is 1. The number of carboxylic acid groups (broad SMARTS) is 1. The Labute approximate surface area is 141 Å². The van der Waals surface area contributed by atoms with Crippen molar-refractivity contribution >= 4 is 11.9 Å². The summed E-state index contributed by atoms with van der Waals surface area (Å²) in [5.41, 5.74) is -0.556. The minimum atomic E-state index is -1.35. The van der Waals surface area contributed by atoms with Crippen molar-refractivity contribution in [2.45, 2.75) is 12.6 Å². The highest BCUT2D eigenvalue weighted by molar-refractivity contribution is 5.84. The minimum Gasteiger partial charge on any atom is -0.480 e. The van der Waals surface area contributed by atoms with Gasteiger partial charge < -0.3 is 15.2 Å². The zero-order valence-electron chi connectivity index (χ0n) is 13.4. The lowest BCUT2D eigenvalue weighted by Gasteiger charge is -2.16. The number of nitrogens with zero attached hydrogens (tertiary/aromatic N) is 1. The molecule has 0 spiro atoms. The number of hydrogen-bond acceptors (Lipinski definition) is 5. The Kier molecular flexibility index (Phi) is 5.85. The molecule has 0 unspecified atom stereocenters. The van der Waals surface area contributed by atoms with Crippen LogP contribution in [0, 0.1) is 0 Å². The number of hydrogen-bond donors (Lipinski definition) is 3. The number of nitrogens with one attached hydrogen (secondary N) is 2. The van der Waals surface area contributed by atoms with E-state index in [0.717, 1.165) is 4.57 Å². The molecule has 132 valence electrons. The van der Waals surface area contributed by atoms with Crippen LogP contribution in [0.5, 0.6) is 0 Å². The van der Waals surface area contributed by atoms with Crippen molar-refractivity contribution in [3.8, 4) is 11.1 Å². The highest BCUT2D eigenvalue weighted by Gasteiger charge is 2.21. The summed E-state index contributed by atoms with van der Waals surface area (Å²) in [6, 6.07) is 7.27. The fourth-order valence-electron chi connectivity index (χ4n) is 2.22. The van der Waals surface area contributed by atoms with Crippen LogP contribution < -0.4 is 16.6 Å². The molecular weight excluding hydrogens is 330 g/mol. The van der Waals surface area contributed by atoms with Gasteiger partial charge in [-0.1, -0.05) is 30.3 Å². The number of methoxy groups -OCH3 is 1. The third-order valence-electron chi connectivity index (χ3n) is 3.38. The van der Waals surface area contributed by atoms with E-state index in [1.807, 2.05) is 0 Å². The second-order valence-corrected chi connectivity index (χ2v) is 5.21. The fraction of sp³-hybridized carbons (Fsp3) is 0.250. The second-order valence-electron chi connectivity index (χ2n) is 5.21. The summed E-state index contributed by atoms with van der Waals surface area (Å²) in [6.45, 7) is -0.653. The van der Waals surface area contributed by atoms with Gasteiger partial charge in [0.15, 0.2) is 0 Å². The molecule has 0 saturated heterocycles. The van der Waals surface area contributed by atoms with Crippen LogP contribution in [0.4, 0.5) is 0 Å². The van der Waals surface area contributed by atoms with Crippen molar-refractivity contribution in [1.29, 1.82) is 0 Å². The number of amides is 1. The summed E-state index contributed by atoms with van der Waals surface area (Å²) in [6.07, 6.45) is 1.27. The number of aliphatic carboxylic acids is 1. The van der Waals surface area contributed by atoms with Crippen LogP contribution in [-0.2, 0) is 20.9 Å². The molecule has 0 radical (unpaired) electrons. The maximum Gasteiger partial charge on any atom is 0.328 e. The normalized spacial score (nSPS) is 11.7. The van der Waals surface area contributed by atoms with Crippen molar-refractivity contribution in [1.82, 2.24) is 14.9 Å². The SMILES string of the molecule is COCC(=O)N[C@@H](Cn1cc(-c2ccccc2)c(=O)[nH]c1=O)C(=O)O. The summed E-state index contributed by atoms with van der Waals surface area (Å²) in [7, 11) is 1.30. The van der Waals surface area contributed by atoms with E-state index < -0.39 is 29.2 Å². The lowest BCUT2D eigenvalue weighted by atomic mass is 10.1. The average Bonchev–Trinajstić information content (AvgIpc) is 2.57. The highest BCUT2D eigenvalue weighted by atomic mass is 16.5. The maximum atomic E-state index is 12.0. The third-order valence-corrected chi connectivity index (χ3v) is 3.38. The van der Waals surface area contributed by atoms with Crippen LogP contribution in [0.3, 0.4) is 0 Å². The molecule has 1 aromatic heterocycles. The molecule has 0 fully saturated rings. The van der Waals surface area contributed by atoms with Crippen molar-refractivity contribution in [3.63, 3.8) is 0 Å². The van der Waals surface area contributed by atoms with E-state index >= 15 is 0 Å². The summed E-state index contributed by atoms with van der Waals surface area (Å²) in [5, 5.41) is 11.5. The Morgan fingerprint density at radius 3 is 2.56 bits per heavy atom. The van der Waals surface area contributed by atoms with Crippen LogP contribution in [0.2, 0.25) is 0 Å². The summed E-state index contributed by atoms with van der Waals surface area (Å²) < 4.78 is 5.67. The van der Waals surface area contributed by atoms with Crippen molar-refractivity contribution in [2.24, 2.45) is 0 Å². The largest absolute Gasteiger partial charge is 0.480 e. The Morgan fingerprint density at radius 2 is 1.96 bits per heavy atom. The van der Waals surface area contributed by atoms with Gasteiger partial charge in [-0.25, -0.2) is 9.59 Å². The first-order chi connectivity index (χ1) is 11.9. The molecule has 0 aliphatic heterocycles. The number of carbonyl (C=O) groups excluding carboxylic acids is 1. The summed E-state index contributed by atoms with van der Waals surface area (Å²) in [4.78, 5) is 49.0. The van der Waals surface area contributed by atoms with Gasteiger partial charge >= 0.3 is 11.7 Å². The van der Waals surface area contributed by atoms with Crippen LogP contribution in [0.25, 0.3) is 11.1 Å². The van der Waals surface area contributed by atoms with Gasteiger partial charge in [0.1, 0.15) is 12.6 Å². The summed E-state index contributed by atoms with van der Waals surface area (Å²) in [5.74, 6) is -1.94. The Hall–Kier alpha value is -3.20. The molecule has 25 heavy (non-hydrogen) atoms. The Balaban J connectivity index is 2.34. The standard InChI is InChI=1S/C16H17N3O6/c1-25-9-13(20)17-12(15(22)23)8-19-7-11(14(21)18-16(19)24)10-5-3-2-4-6-10/h2-7,12H,8-9H2,1H3,(H,17,20)(H,22,23)(H,18,21,24)/t12-/m0/s1. The van der Waals surface area contributed by atoms with Gasteiger partial charge in [-0.2, -0.15) is 0 Å². The van der Waals surface area contributed by atoms with E-state index in [-0.39, 0.29) is 18.7 Å². The molecule has 1 aromatic carbocycles. The average molecular weight is 347 g/mol. The van der Waals surface area contributed by atoms with E-state index in [1.165, 1.54) is 13.3 Å². The fourth-order valence-corrected chi connectivity index (χ4v) is 2.22. The number of aromatic amines is 1. The van der Waals surface area contributed by atoms with Gasteiger partial charge in [-0.05, 0) is 5.56 Å². The molecule has 0 aliphatic carbocycles. The smallest absolute Gasteiger partial charge is 0.328 e. The van der Waals surface area contributed by atoms with Gasteiger partial charge in [0.25, 0.3) is 5.56 Å². The Morgan fingerprint density at radius 1 is 1.28 bits per heavy atom. The number of rotatable bonds is 7. The topological polar surface area (TPSA) is 130 Å². The molecule has 2 rings (SSSR count). The first-order valence-electron chi connectivity index (χ1n) is 7.32. The Bertz CT molecular complexity index is 871. The number of ether oxygens (including phenoxy) is 1. The molecule has 2 aromatic rings. The molecule has 9 heteroatoms. The van der Waals surface area contributed by atoms with Crippen LogP contribution in [-0.4, -0.2) is 46.3 Å². The number of carbonyl (C=O) groups is 2. The van der Waals surface area contributed by atoms with Crippen LogP contribution >= 0.6 is 0 Å². The van der Waals surface area contributed by atoms with Crippen molar-refractivity contribution < 1.29 is 19.4 Å². The van der Waals surface area contributed by atoms with Gasteiger partial charge in [-0.15, -0.1) is 0 Å². The quantitative estimate of drug-likeness (QED) is 0.614.